The van der Waals surface area contributed by atoms with Crippen LogP contribution in [-0.4, -0.2) is 34.9 Å². The third kappa shape index (κ3) is 6.03. The maximum absolute atomic E-state index is 14.4. The monoisotopic (exact) mass is 480 g/mol. The first-order chi connectivity index (χ1) is 16.8. The number of hydrogen-bond acceptors (Lipinski definition) is 5. The number of nitrogens with one attached hydrogen (secondary N) is 2. The fourth-order valence-corrected chi connectivity index (χ4v) is 3.86. The summed E-state index contributed by atoms with van der Waals surface area (Å²) < 4.78 is 34.1. The molecule has 0 aliphatic carbocycles. The standard InChI is InChI=1S/C27H26F2N2O4/c28-27(29,19-6-2-1-3-7-19)17-35-20-8-4-5-18(15-20)13-14-30-16-24(33)21-9-11-23(32)26-22(21)10-12-25(34)31-26/h1-12,15,24,30,32-33H,13-14,16-17H2,(H,31,34). The SMILES string of the molecule is O=c1ccc2c(C(O)CNCCc3cccc(OCC(F)(F)c4ccccc4)c3)ccc(O)c2[nH]1. The Balaban J connectivity index is 1.30. The number of rotatable bonds is 10. The summed E-state index contributed by atoms with van der Waals surface area (Å²) in [4.78, 5) is 14.1. The van der Waals surface area contributed by atoms with Gasteiger partial charge in [-0.15, -0.1) is 0 Å². The van der Waals surface area contributed by atoms with E-state index in [4.69, 9.17) is 4.74 Å². The Hall–Kier alpha value is -3.75. The number of aromatic nitrogens is 1. The van der Waals surface area contributed by atoms with Crippen molar-refractivity contribution in [2.45, 2.75) is 18.4 Å². The quantitative estimate of drug-likeness (QED) is 0.254. The molecule has 0 radical (unpaired) electrons. The first-order valence-electron chi connectivity index (χ1n) is 11.2. The van der Waals surface area contributed by atoms with Crippen molar-refractivity contribution in [3.63, 3.8) is 0 Å². The van der Waals surface area contributed by atoms with Crippen molar-refractivity contribution >= 4 is 10.9 Å². The molecule has 182 valence electrons. The highest BCUT2D eigenvalue weighted by molar-refractivity contribution is 5.87. The van der Waals surface area contributed by atoms with E-state index in [0.29, 0.717) is 29.7 Å². The van der Waals surface area contributed by atoms with Crippen molar-refractivity contribution in [2.24, 2.45) is 0 Å². The normalized spacial score (nSPS) is 12.5. The molecule has 35 heavy (non-hydrogen) atoms. The molecule has 0 saturated carbocycles. The highest BCUT2D eigenvalue weighted by Crippen LogP contribution is 2.30. The number of phenolic OH excluding ortho intramolecular Hbond substituents is 1. The summed E-state index contributed by atoms with van der Waals surface area (Å²) in [6, 6.07) is 20.5. The number of aromatic hydroxyl groups is 1. The van der Waals surface area contributed by atoms with Crippen LogP contribution >= 0.6 is 0 Å². The van der Waals surface area contributed by atoms with Crippen molar-refractivity contribution < 1.29 is 23.7 Å². The Morgan fingerprint density at radius 2 is 1.80 bits per heavy atom. The van der Waals surface area contributed by atoms with Gasteiger partial charge in [0.1, 0.15) is 11.5 Å². The Morgan fingerprint density at radius 1 is 1.00 bits per heavy atom. The first-order valence-corrected chi connectivity index (χ1v) is 11.2. The van der Waals surface area contributed by atoms with E-state index in [9.17, 15) is 23.8 Å². The van der Waals surface area contributed by atoms with Crippen molar-refractivity contribution in [1.82, 2.24) is 10.3 Å². The molecular formula is C27H26F2N2O4. The molecule has 4 aromatic rings. The minimum absolute atomic E-state index is 0.0646. The van der Waals surface area contributed by atoms with Crippen LogP contribution in [0.2, 0.25) is 0 Å². The van der Waals surface area contributed by atoms with Crippen molar-refractivity contribution in [2.75, 3.05) is 19.7 Å². The number of phenols is 1. The molecule has 0 fully saturated rings. The molecule has 4 N–H and O–H groups in total. The lowest BCUT2D eigenvalue weighted by Crippen LogP contribution is -2.24. The van der Waals surface area contributed by atoms with Crippen molar-refractivity contribution in [3.05, 3.63) is 106 Å². The van der Waals surface area contributed by atoms with Gasteiger partial charge < -0.3 is 25.3 Å². The molecule has 1 heterocycles. The van der Waals surface area contributed by atoms with E-state index in [2.05, 4.69) is 10.3 Å². The van der Waals surface area contributed by atoms with Crippen LogP contribution in [0.1, 0.15) is 22.8 Å². The second-order valence-corrected chi connectivity index (χ2v) is 8.26. The minimum Gasteiger partial charge on any atom is -0.506 e. The van der Waals surface area contributed by atoms with E-state index in [1.807, 2.05) is 6.07 Å². The van der Waals surface area contributed by atoms with Gasteiger partial charge in [-0.25, -0.2) is 0 Å². The van der Waals surface area contributed by atoms with E-state index in [1.165, 1.54) is 24.3 Å². The van der Waals surface area contributed by atoms with Gasteiger partial charge in [-0.1, -0.05) is 48.5 Å². The van der Waals surface area contributed by atoms with Gasteiger partial charge in [0.15, 0.2) is 6.61 Å². The molecular weight excluding hydrogens is 454 g/mol. The second kappa shape index (κ2) is 10.7. The van der Waals surface area contributed by atoms with Crippen LogP contribution in [0.25, 0.3) is 10.9 Å². The lowest BCUT2D eigenvalue weighted by atomic mass is 10.0. The highest BCUT2D eigenvalue weighted by Gasteiger charge is 2.32. The number of hydrogen-bond donors (Lipinski definition) is 4. The number of aliphatic hydroxyl groups is 1. The fourth-order valence-electron chi connectivity index (χ4n) is 3.86. The molecule has 1 unspecified atom stereocenters. The number of ether oxygens (including phenoxy) is 1. The molecule has 0 aliphatic rings. The van der Waals surface area contributed by atoms with Crippen LogP contribution in [0.15, 0.2) is 83.7 Å². The summed E-state index contributed by atoms with van der Waals surface area (Å²) in [5, 5.41) is 24.4. The second-order valence-electron chi connectivity index (χ2n) is 8.26. The largest absolute Gasteiger partial charge is 0.506 e. The topological polar surface area (TPSA) is 94.6 Å². The fraction of sp³-hybridized carbons (Fsp3) is 0.222. The van der Waals surface area contributed by atoms with Crippen LogP contribution < -0.4 is 15.6 Å². The number of H-pyrrole nitrogens is 1. The number of alkyl halides is 2. The maximum atomic E-state index is 14.4. The summed E-state index contributed by atoms with van der Waals surface area (Å²) in [6.45, 7) is 0.0305. The molecule has 4 rings (SSSR count). The van der Waals surface area contributed by atoms with Gasteiger partial charge in [-0.3, -0.25) is 4.79 Å². The Kier molecular flexibility index (Phi) is 7.43. The number of aromatic amines is 1. The number of benzene rings is 3. The van der Waals surface area contributed by atoms with E-state index in [0.717, 1.165) is 5.56 Å². The van der Waals surface area contributed by atoms with Gasteiger partial charge in [0.25, 0.3) is 0 Å². The number of fused-ring (bicyclic) bond motifs is 1. The summed E-state index contributed by atoms with van der Waals surface area (Å²) >= 11 is 0. The smallest absolute Gasteiger partial charge is 0.306 e. The van der Waals surface area contributed by atoms with Gasteiger partial charge in [-0.2, -0.15) is 8.78 Å². The van der Waals surface area contributed by atoms with E-state index >= 15 is 0 Å². The number of pyridine rings is 1. The summed E-state index contributed by atoms with van der Waals surface area (Å²) in [5.41, 5.74) is 1.33. The van der Waals surface area contributed by atoms with Crippen LogP contribution in [0, 0.1) is 0 Å². The Morgan fingerprint density at radius 3 is 2.60 bits per heavy atom. The van der Waals surface area contributed by atoms with Gasteiger partial charge in [0.2, 0.25) is 5.56 Å². The molecule has 0 amide bonds. The van der Waals surface area contributed by atoms with Crippen molar-refractivity contribution in [1.29, 1.82) is 0 Å². The van der Waals surface area contributed by atoms with Gasteiger partial charge >= 0.3 is 5.92 Å². The average Bonchev–Trinajstić information content (AvgIpc) is 2.87. The molecule has 0 saturated heterocycles. The zero-order valence-electron chi connectivity index (χ0n) is 18.9. The molecule has 0 spiro atoms. The molecule has 3 aromatic carbocycles. The number of aliphatic hydroxyl groups excluding tert-OH is 1. The highest BCUT2D eigenvalue weighted by atomic mass is 19.3. The third-order valence-electron chi connectivity index (χ3n) is 5.71. The van der Waals surface area contributed by atoms with Gasteiger partial charge in [0.05, 0.1) is 11.6 Å². The van der Waals surface area contributed by atoms with Gasteiger partial charge in [0, 0.05) is 23.6 Å². The summed E-state index contributed by atoms with van der Waals surface area (Å²) in [6.07, 6.45) is -0.262. The van der Waals surface area contributed by atoms with Gasteiger partial charge in [-0.05, 0) is 48.4 Å². The molecule has 8 heteroatoms. The van der Waals surface area contributed by atoms with Crippen LogP contribution in [0.5, 0.6) is 11.5 Å². The molecule has 1 aromatic heterocycles. The molecule has 6 nitrogen and oxygen atoms in total. The molecule has 0 bridgehead atoms. The third-order valence-corrected chi connectivity index (χ3v) is 5.71. The van der Waals surface area contributed by atoms with Crippen LogP contribution in [0.3, 0.4) is 0 Å². The lowest BCUT2D eigenvalue weighted by molar-refractivity contribution is -0.0467. The Labute approximate surface area is 200 Å². The molecule has 0 aliphatic heterocycles. The first kappa shape index (κ1) is 24.4. The van der Waals surface area contributed by atoms with Crippen LogP contribution in [0.4, 0.5) is 8.78 Å². The zero-order chi connectivity index (χ0) is 24.8. The Bertz CT molecular complexity index is 1340. The van der Waals surface area contributed by atoms with E-state index < -0.39 is 18.6 Å². The lowest BCUT2D eigenvalue weighted by Gasteiger charge is -2.18. The summed E-state index contributed by atoms with van der Waals surface area (Å²) in [5.74, 6) is -2.80. The van der Waals surface area contributed by atoms with Crippen LogP contribution in [-0.2, 0) is 12.3 Å². The summed E-state index contributed by atoms with van der Waals surface area (Å²) in [7, 11) is 0. The average molecular weight is 481 g/mol. The minimum atomic E-state index is -3.10. The maximum Gasteiger partial charge on any atom is 0.306 e. The number of halogens is 2. The predicted molar refractivity (Wildman–Crippen MR) is 130 cm³/mol. The predicted octanol–water partition coefficient (Wildman–Crippen LogP) is 4.27. The van der Waals surface area contributed by atoms with Crippen molar-refractivity contribution in [3.8, 4) is 11.5 Å². The molecule has 1 atom stereocenters. The zero-order valence-corrected chi connectivity index (χ0v) is 18.9. The van der Waals surface area contributed by atoms with E-state index in [1.54, 1.807) is 48.5 Å². The van der Waals surface area contributed by atoms with E-state index in [-0.39, 0.29) is 28.9 Å².